The first-order chi connectivity index (χ1) is 9.43. The summed E-state index contributed by atoms with van der Waals surface area (Å²) in [6.07, 6.45) is 0.139. The predicted octanol–water partition coefficient (Wildman–Crippen LogP) is 1.15. The maximum atomic E-state index is 12.4. The van der Waals surface area contributed by atoms with Gasteiger partial charge in [-0.15, -0.1) is 0 Å². The Hall–Kier alpha value is -1.81. The van der Waals surface area contributed by atoms with Crippen LogP contribution in [0.3, 0.4) is 0 Å². The largest absolute Gasteiger partial charge is 0.481 e. The summed E-state index contributed by atoms with van der Waals surface area (Å²) < 4.78 is 4.95. The minimum absolute atomic E-state index is 0.0969. The molecule has 2 amide bonds. The van der Waals surface area contributed by atoms with Gasteiger partial charge in [0, 0.05) is 32.8 Å². The van der Waals surface area contributed by atoms with Crippen molar-refractivity contribution in [1.29, 1.82) is 5.26 Å². The van der Waals surface area contributed by atoms with E-state index < -0.39 is 5.97 Å². The molecule has 0 aromatic rings. The number of ether oxygens (including phenoxy) is 1. The van der Waals surface area contributed by atoms with Gasteiger partial charge >= 0.3 is 12.0 Å². The molecule has 20 heavy (non-hydrogen) atoms. The smallest absolute Gasteiger partial charge is 0.320 e. The van der Waals surface area contributed by atoms with Crippen LogP contribution in [0.4, 0.5) is 4.79 Å². The zero-order chi connectivity index (χ0) is 15.5. The van der Waals surface area contributed by atoms with Crippen LogP contribution in [-0.2, 0) is 9.53 Å². The molecule has 0 unspecified atom stereocenters. The third-order valence-corrected chi connectivity index (χ3v) is 2.76. The summed E-state index contributed by atoms with van der Waals surface area (Å²) >= 11 is 0. The van der Waals surface area contributed by atoms with E-state index in [-0.39, 0.29) is 31.5 Å². The molecule has 0 fully saturated rings. The summed E-state index contributed by atoms with van der Waals surface area (Å²) in [5.74, 6) is -0.941. The Morgan fingerprint density at radius 2 is 1.95 bits per heavy atom. The van der Waals surface area contributed by atoms with Gasteiger partial charge in [0.15, 0.2) is 0 Å². The molecule has 1 N–H and O–H groups in total. The highest BCUT2D eigenvalue weighted by Gasteiger charge is 2.23. The topological polar surface area (TPSA) is 93.9 Å². The standard InChI is InChI=1S/C13H23N3O4/c1-11(2)16(8-5-12(17)18)13(19)15(7-4-6-14)9-10-20-3/h11H,4-5,7-10H2,1-3H3,(H,17,18). The number of aliphatic carboxylic acids is 1. The molecule has 0 bridgehead atoms. The van der Waals surface area contributed by atoms with Gasteiger partial charge in [0.05, 0.1) is 25.5 Å². The number of rotatable bonds is 9. The zero-order valence-corrected chi connectivity index (χ0v) is 12.3. The number of nitriles is 1. The predicted molar refractivity (Wildman–Crippen MR) is 73.2 cm³/mol. The summed E-state index contributed by atoms with van der Waals surface area (Å²) in [7, 11) is 1.54. The van der Waals surface area contributed by atoms with Gasteiger partial charge in [-0.25, -0.2) is 4.79 Å². The highest BCUT2D eigenvalue weighted by atomic mass is 16.5. The van der Waals surface area contributed by atoms with Crippen molar-refractivity contribution in [2.45, 2.75) is 32.7 Å². The molecule has 0 aliphatic carbocycles. The number of carbonyl (C=O) groups is 2. The van der Waals surface area contributed by atoms with Crippen molar-refractivity contribution < 1.29 is 19.4 Å². The average Bonchev–Trinajstić information content (AvgIpc) is 2.38. The van der Waals surface area contributed by atoms with Gasteiger partial charge in [0.25, 0.3) is 0 Å². The average molecular weight is 285 g/mol. The van der Waals surface area contributed by atoms with Crippen LogP contribution < -0.4 is 0 Å². The molecule has 7 nitrogen and oxygen atoms in total. The lowest BCUT2D eigenvalue weighted by Crippen LogP contribution is -2.48. The fourth-order valence-corrected chi connectivity index (χ4v) is 1.66. The van der Waals surface area contributed by atoms with Gasteiger partial charge < -0.3 is 19.6 Å². The first-order valence-electron chi connectivity index (χ1n) is 6.57. The number of nitrogens with zero attached hydrogens (tertiary/aromatic N) is 3. The van der Waals surface area contributed by atoms with E-state index in [2.05, 4.69) is 0 Å². The fourth-order valence-electron chi connectivity index (χ4n) is 1.66. The van der Waals surface area contributed by atoms with Crippen LogP contribution in [0, 0.1) is 11.3 Å². The maximum absolute atomic E-state index is 12.4. The molecule has 0 saturated heterocycles. The van der Waals surface area contributed by atoms with Crippen molar-refractivity contribution in [2.24, 2.45) is 0 Å². The summed E-state index contributed by atoms with van der Waals surface area (Å²) in [6, 6.07) is 1.64. The summed E-state index contributed by atoms with van der Waals surface area (Å²) in [5, 5.41) is 17.4. The van der Waals surface area contributed by atoms with Gasteiger partial charge in [-0.05, 0) is 13.8 Å². The van der Waals surface area contributed by atoms with E-state index in [1.54, 1.807) is 0 Å². The molecule has 0 aliphatic heterocycles. The molecular formula is C13H23N3O4. The van der Waals surface area contributed by atoms with Gasteiger partial charge in [0.2, 0.25) is 0 Å². The van der Waals surface area contributed by atoms with Crippen molar-refractivity contribution in [1.82, 2.24) is 9.80 Å². The SMILES string of the molecule is COCCN(CCC#N)C(=O)N(CCC(=O)O)C(C)C. The van der Waals surface area contributed by atoms with E-state index >= 15 is 0 Å². The molecule has 0 aromatic heterocycles. The Balaban J connectivity index is 4.75. The minimum Gasteiger partial charge on any atom is -0.481 e. The highest BCUT2D eigenvalue weighted by Crippen LogP contribution is 2.07. The van der Waals surface area contributed by atoms with Crippen molar-refractivity contribution in [3.63, 3.8) is 0 Å². The third-order valence-electron chi connectivity index (χ3n) is 2.76. The Morgan fingerprint density at radius 1 is 1.30 bits per heavy atom. The van der Waals surface area contributed by atoms with Gasteiger partial charge in [-0.1, -0.05) is 0 Å². The van der Waals surface area contributed by atoms with E-state index in [0.717, 1.165) is 0 Å². The lowest BCUT2D eigenvalue weighted by molar-refractivity contribution is -0.137. The molecule has 0 atom stereocenters. The number of carboxylic acids is 1. The highest BCUT2D eigenvalue weighted by molar-refractivity contribution is 5.75. The number of hydrogen-bond acceptors (Lipinski definition) is 4. The Kier molecular flexibility index (Phi) is 9.13. The number of carbonyl (C=O) groups excluding carboxylic acids is 1. The van der Waals surface area contributed by atoms with E-state index in [4.69, 9.17) is 15.1 Å². The molecule has 0 aliphatic rings. The van der Waals surface area contributed by atoms with Crippen LogP contribution >= 0.6 is 0 Å². The lowest BCUT2D eigenvalue weighted by atomic mass is 10.3. The number of amides is 2. The Morgan fingerprint density at radius 3 is 2.40 bits per heavy atom. The fraction of sp³-hybridized carbons (Fsp3) is 0.769. The summed E-state index contributed by atoms with van der Waals surface area (Å²) in [4.78, 5) is 26.1. The van der Waals surface area contributed by atoms with Crippen LogP contribution in [0.25, 0.3) is 0 Å². The molecule has 0 heterocycles. The quantitative estimate of drug-likeness (QED) is 0.686. The zero-order valence-electron chi connectivity index (χ0n) is 12.3. The third kappa shape index (κ3) is 6.95. The molecule has 0 aromatic carbocycles. The number of urea groups is 1. The summed E-state index contributed by atoms with van der Waals surface area (Å²) in [6.45, 7) is 4.89. The molecule has 0 radical (unpaired) electrons. The molecule has 0 spiro atoms. The van der Waals surface area contributed by atoms with Gasteiger partial charge in [0.1, 0.15) is 0 Å². The van der Waals surface area contributed by atoms with E-state index in [9.17, 15) is 9.59 Å². The van der Waals surface area contributed by atoms with Crippen LogP contribution in [-0.4, -0.2) is 66.3 Å². The van der Waals surface area contributed by atoms with Crippen LogP contribution in [0.2, 0.25) is 0 Å². The molecule has 0 rings (SSSR count). The maximum Gasteiger partial charge on any atom is 0.320 e. The Bertz CT molecular complexity index is 352. The monoisotopic (exact) mass is 285 g/mol. The molecular weight excluding hydrogens is 262 g/mol. The first-order valence-corrected chi connectivity index (χ1v) is 6.57. The lowest BCUT2D eigenvalue weighted by Gasteiger charge is -2.32. The number of hydrogen-bond donors (Lipinski definition) is 1. The number of carboxylic acid groups (broad SMARTS) is 1. The van der Waals surface area contributed by atoms with Crippen LogP contribution in [0.15, 0.2) is 0 Å². The van der Waals surface area contributed by atoms with Crippen LogP contribution in [0.1, 0.15) is 26.7 Å². The van der Waals surface area contributed by atoms with Crippen LogP contribution in [0.5, 0.6) is 0 Å². The van der Waals surface area contributed by atoms with E-state index in [0.29, 0.717) is 19.7 Å². The van der Waals surface area contributed by atoms with Crippen molar-refractivity contribution in [2.75, 3.05) is 33.4 Å². The van der Waals surface area contributed by atoms with Crippen molar-refractivity contribution in [3.8, 4) is 6.07 Å². The summed E-state index contributed by atoms with van der Waals surface area (Å²) in [5.41, 5.74) is 0. The second-order valence-electron chi connectivity index (χ2n) is 4.60. The second-order valence-corrected chi connectivity index (χ2v) is 4.60. The normalized spacial score (nSPS) is 10.2. The van der Waals surface area contributed by atoms with Gasteiger partial charge in [-0.2, -0.15) is 5.26 Å². The van der Waals surface area contributed by atoms with Gasteiger partial charge in [-0.3, -0.25) is 4.79 Å². The Labute approximate surface area is 119 Å². The van der Waals surface area contributed by atoms with Crippen molar-refractivity contribution >= 4 is 12.0 Å². The van der Waals surface area contributed by atoms with E-state index in [1.165, 1.54) is 16.9 Å². The number of methoxy groups -OCH3 is 1. The molecule has 7 heteroatoms. The van der Waals surface area contributed by atoms with Crippen molar-refractivity contribution in [3.05, 3.63) is 0 Å². The molecule has 0 saturated carbocycles. The minimum atomic E-state index is -0.941. The first kappa shape index (κ1) is 18.2. The second kappa shape index (κ2) is 10.0. The molecule has 114 valence electrons. The van der Waals surface area contributed by atoms with E-state index in [1.807, 2.05) is 19.9 Å².